The van der Waals surface area contributed by atoms with Crippen molar-refractivity contribution in [3.8, 4) is 5.69 Å². The number of nitrogens with zero attached hydrogens (tertiary/aromatic N) is 3. The van der Waals surface area contributed by atoms with Crippen LogP contribution in [0, 0.1) is 30.4 Å². The monoisotopic (exact) mass is 585 g/mol. The molecule has 1 aromatic carbocycles. The molecule has 0 radical (unpaired) electrons. The minimum absolute atomic E-state index is 0.00624. The van der Waals surface area contributed by atoms with Crippen LogP contribution in [0.4, 0.5) is 22.0 Å². The maximum absolute atomic E-state index is 14.3. The molecule has 14 heteroatoms. The number of hydrogen-bond donors (Lipinski definition) is 2. The lowest BCUT2D eigenvalue weighted by Crippen LogP contribution is -2.58. The summed E-state index contributed by atoms with van der Waals surface area (Å²) < 4.78 is 68.3. The van der Waals surface area contributed by atoms with Crippen LogP contribution in [0.25, 0.3) is 5.69 Å². The van der Waals surface area contributed by atoms with Gasteiger partial charge in [-0.3, -0.25) is 19.2 Å². The highest BCUT2D eigenvalue weighted by Gasteiger charge is 2.46. The standard InChI is InChI=1S/C27H32F5N5O4/c1-13(2)21(23(38)27(30,31)32)34-25(40)19-10-7-11-36(19)26(41)22(14(3)4)35-24(39)16-12-33-37(15(16)5)18-9-6-8-17(28)20(18)29/h6,8-9,12-14,19,21-22H,7,10-11H2,1-5H3,(H,34,40)(H,35,39)/t19-,21-,22-/m0/s1. The zero-order valence-electron chi connectivity index (χ0n) is 23.2. The number of amides is 3. The number of alkyl halides is 3. The molecule has 1 saturated heterocycles. The van der Waals surface area contributed by atoms with E-state index in [-0.39, 0.29) is 29.9 Å². The minimum atomic E-state index is -5.15. The molecule has 0 aliphatic carbocycles. The van der Waals surface area contributed by atoms with Crippen molar-refractivity contribution in [1.29, 1.82) is 0 Å². The molecular formula is C27H32F5N5O4. The van der Waals surface area contributed by atoms with Crippen molar-refractivity contribution in [2.75, 3.05) is 6.54 Å². The van der Waals surface area contributed by atoms with E-state index in [9.17, 15) is 41.1 Å². The Morgan fingerprint density at radius 2 is 1.63 bits per heavy atom. The van der Waals surface area contributed by atoms with E-state index < -0.39 is 71.3 Å². The first kappa shape index (κ1) is 31.7. The van der Waals surface area contributed by atoms with Gasteiger partial charge >= 0.3 is 6.18 Å². The summed E-state index contributed by atoms with van der Waals surface area (Å²) in [5.74, 6) is -7.91. The van der Waals surface area contributed by atoms with Crippen molar-refractivity contribution in [3.63, 3.8) is 0 Å². The summed E-state index contributed by atoms with van der Waals surface area (Å²) in [5.41, 5.74) is -0.0460. The van der Waals surface area contributed by atoms with E-state index in [0.29, 0.717) is 6.42 Å². The third kappa shape index (κ3) is 6.73. The molecule has 2 N–H and O–H groups in total. The SMILES string of the molecule is Cc1c(C(=O)N[C@H](C(=O)N2CCC[C@H]2C(=O)N[C@H](C(=O)C(F)(F)F)C(C)C)C(C)C)cnn1-c1cccc(F)c1F. The number of likely N-dealkylation sites (tertiary alicyclic amines) is 1. The van der Waals surface area contributed by atoms with Gasteiger partial charge in [0, 0.05) is 6.54 Å². The molecule has 2 heterocycles. The topological polar surface area (TPSA) is 113 Å². The van der Waals surface area contributed by atoms with Crippen molar-refractivity contribution >= 4 is 23.5 Å². The predicted molar refractivity (Wildman–Crippen MR) is 137 cm³/mol. The molecule has 224 valence electrons. The minimum Gasteiger partial charge on any atom is -0.344 e. The van der Waals surface area contributed by atoms with Gasteiger partial charge in [0.1, 0.15) is 17.8 Å². The Morgan fingerprint density at radius 1 is 1.00 bits per heavy atom. The Kier molecular flexibility index (Phi) is 9.54. The summed E-state index contributed by atoms with van der Waals surface area (Å²) in [6.45, 7) is 7.62. The number of aromatic nitrogens is 2. The molecule has 3 amide bonds. The van der Waals surface area contributed by atoms with E-state index in [2.05, 4.69) is 15.7 Å². The van der Waals surface area contributed by atoms with Crippen molar-refractivity contribution < 1.29 is 41.1 Å². The number of nitrogens with one attached hydrogen (secondary N) is 2. The van der Waals surface area contributed by atoms with Gasteiger partial charge in [0.05, 0.1) is 23.5 Å². The third-order valence-electron chi connectivity index (χ3n) is 7.00. The van der Waals surface area contributed by atoms with Crippen LogP contribution in [0.1, 0.15) is 56.6 Å². The largest absolute Gasteiger partial charge is 0.452 e. The molecule has 0 bridgehead atoms. The highest BCUT2D eigenvalue weighted by molar-refractivity contribution is 6.00. The number of Topliss-reactive ketones (excluding diaryl/α,β-unsaturated/α-hetero) is 1. The zero-order chi connectivity index (χ0) is 30.8. The fourth-order valence-electron chi connectivity index (χ4n) is 4.71. The van der Waals surface area contributed by atoms with Crippen LogP contribution >= 0.6 is 0 Å². The summed E-state index contributed by atoms with van der Waals surface area (Å²) in [4.78, 5) is 52.8. The predicted octanol–water partition coefficient (Wildman–Crippen LogP) is 3.48. The Morgan fingerprint density at radius 3 is 2.22 bits per heavy atom. The lowest BCUT2D eigenvalue weighted by Gasteiger charge is -2.31. The highest BCUT2D eigenvalue weighted by atomic mass is 19.4. The van der Waals surface area contributed by atoms with Gasteiger partial charge in [-0.15, -0.1) is 0 Å². The molecular weight excluding hydrogens is 553 g/mol. The summed E-state index contributed by atoms with van der Waals surface area (Å²) >= 11 is 0. The molecule has 9 nitrogen and oxygen atoms in total. The highest BCUT2D eigenvalue weighted by Crippen LogP contribution is 2.25. The number of rotatable bonds is 9. The van der Waals surface area contributed by atoms with Crippen LogP contribution in [0.3, 0.4) is 0 Å². The second-order valence-corrected chi connectivity index (χ2v) is 10.6. The van der Waals surface area contributed by atoms with Crippen LogP contribution in [0.15, 0.2) is 24.4 Å². The molecule has 1 aromatic heterocycles. The van der Waals surface area contributed by atoms with E-state index in [1.807, 2.05) is 0 Å². The zero-order valence-corrected chi connectivity index (χ0v) is 23.2. The van der Waals surface area contributed by atoms with E-state index in [1.165, 1.54) is 37.8 Å². The molecule has 0 spiro atoms. The van der Waals surface area contributed by atoms with E-state index in [0.717, 1.165) is 16.9 Å². The number of ketones is 1. The quantitative estimate of drug-likeness (QED) is 0.438. The van der Waals surface area contributed by atoms with Crippen LogP contribution in [0.2, 0.25) is 0 Å². The Balaban J connectivity index is 1.79. The number of benzene rings is 1. The maximum Gasteiger partial charge on any atom is 0.452 e. The Hall–Kier alpha value is -3.84. The fraction of sp³-hybridized carbons (Fsp3) is 0.519. The van der Waals surface area contributed by atoms with Gasteiger partial charge in [0.15, 0.2) is 11.6 Å². The van der Waals surface area contributed by atoms with Crippen molar-refractivity contribution in [1.82, 2.24) is 25.3 Å². The van der Waals surface area contributed by atoms with Gasteiger partial charge in [0.25, 0.3) is 11.7 Å². The first-order chi connectivity index (χ1) is 19.1. The van der Waals surface area contributed by atoms with E-state index >= 15 is 0 Å². The average Bonchev–Trinajstić information content (AvgIpc) is 3.53. The van der Waals surface area contributed by atoms with Crippen molar-refractivity contribution in [3.05, 3.63) is 47.3 Å². The number of halogens is 5. The average molecular weight is 586 g/mol. The molecule has 1 aliphatic rings. The Labute approximate surface area is 233 Å². The first-order valence-electron chi connectivity index (χ1n) is 13.1. The number of carbonyl (C=O) groups excluding carboxylic acids is 4. The lowest BCUT2D eigenvalue weighted by atomic mass is 9.98. The molecule has 1 fully saturated rings. The maximum atomic E-state index is 14.3. The van der Waals surface area contributed by atoms with E-state index in [1.54, 1.807) is 13.8 Å². The second-order valence-electron chi connectivity index (χ2n) is 10.6. The second kappa shape index (κ2) is 12.4. The Bertz CT molecular complexity index is 1320. The molecule has 0 unspecified atom stereocenters. The first-order valence-corrected chi connectivity index (χ1v) is 13.1. The van der Waals surface area contributed by atoms with Gasteiger partial charge in [-0.25, -0.2) is 13.5 Å². The van der Waals surface area contributed by atoms with Gasteiger partial charge in [-0.2, -0.15) is 18.3 Å². The van der Waals surface area contributed by atoms with Crippen LogP contribution in [-0.4, -0.2) is 69.0 Å². The van der Waals surface area contributed by atoms with E-state index in [4.69, 9.17) is 0 Å². The van der Waals surface area contributed by atoms with Crippen LogP contribution in [0.5, 0.6) is 0 Å². The third-order valence-corrected chi connectivity index (χ3v) is 7.00. The number of carbonyl (C=O) groups is 4. The van der Waals surface area contributed by atoms with Gasteiger partial charge in [-0.1, -0.05) is 33.8 Å². The van der Waals surface area contributed by atoms with Gasteiger partial charge in [-0.05, 0) is 43.7 Å². The smallest absolute Gasteiger partial charge is 0.344 e. The summed E-state index contributed by atoms with van der Waals surface area (Å²) in [6.07, 6.45) is -3.46. The molecule has 1 aliphatic heterocycles. The van der Waals surface area contributed by atoms with Crippen molar-refractivity contribution in [2.24, 2.45) is 11.8 Å². The molecule has 3 rings (SSSR count). The molecule has 41 heavy (non-hydrogen) atoms. The molecule has 0 saturated carbocycles. The van der Waals surface area contributed by atoms with Crippen LogP contribution in [-0.2, 0) is 14.4 Å². The van der Waals surface area contributed by atoms with Gasteiger partial charge in [0.2, 0.25) is 11.8 Å². The molecule has 2 aromatic rings. The lowest BCUT2D eigenvalue weighted by molar-refractivity contribution is -0.175. The van der Waals surface area contributed by atoms with Gasteiger partial charge < -0.3 is 15.5 Å². The van der Waals surface area contributed by atoms with Crippen LogP contribution < -0.4 is 10.6 Å². The fourth-order valence-corrected chi connectivity index (χ4v) is 4.71. The summed E-state index contributed by atoms with van der Waals surface area (Å²) in [6, 6.07) is -0.584. The summed E-state index contributed by atoms with van der Waals surface area (Å²) in [5, 5.41) is 8.76. The number of hydrogen-bond acceptors (Lipinski definition) is 5. The normalized spacial score (nSPS) is 17.1. The molecule has 3 atom stereocenters. The van der Waals surface area contributed by atoms with Crippen molar-refractivity contribution in [2.45, 2.75) is 71.8 Å². The summed E-state index contributed by atoms with van der Waals surface area (Å²) in [7, 11) is 0.